The molecule has 4 aromatic carbocycles. The minimum Gasteiger partial charge on any atom is -0.480 e. The van der Waals surface area contributed by atoms with E-state index in [9.17, 15) is 42.7 Å². The number of carbonyl (C=O) groups excluding carboxylic acids is 5. The van der Waals surface area contributed by atoms with E-state index >= 15 is 0 Å². The molecular weight excluding hydrogens is 994 g/mol. The van der Waals surface area contributed by atoms with Gasteiger partial charge in [0.2, 0.25) is 5.91 Å². The predicted molar refractivity (Wildman–Crippen MR) is 277 cm³/mol. The summed E-state index contributed by atoms with van der Waals surface area (Å²) >= 11 is 9.53. The highest BCUT2D eigenvalue weighted by Gasteiger charge is 2.41. The van der Waals surface area contributed by atoms with Crippen molar-refractivity contribution >= 4 is 70.8 Å². The number of aliphatic carboxylic acids is 1. The molecule has 0 radical (unpaired) electrons. The molecule has 4 aromatic rings. The molecule has 2 fully saturated rings. The Labute approximate surface area is 437 Å². The number of amides is 5. The maximum absolute atomic E-state index is 14.1. The molecule has 73 heavy (non-hydrogen) atoms. The molecular formula is C52H66Cl2F2N6O11. The van der Waals surface area contributed by atoms with Crippen LogP contribution < -0.4 is 11.1 Å². The van der Waals surface area contributed by atoms with Gasteiger partial charge in [-0.1, -0.05) is 92.4 Å². The minimum atomic E-state index is -1.20. The van der Waals surface area contributed by atoms with Crippen molar-refractivity contribution in [2.24, 2.45) is 0 Å². The van der Waals surface area contributed by atoms with Gasteiger partial charge in [0, 0.05) is 26.2 Å². The largest absolute Gasteiger partial charge is 0.480 e. The van der Waals surface area contributed by atoms with Crippen molar-refractivity contribution in [3.05, 3.63) is 132 Å². The smallest absolute Gasteiger partial charge is 0.410 e. The van der Waals surface area contributed by atoms with Crippen LogP contribution in [0, 0.1) is 24.5 Å². The summed E-state index contributed by atoms with van der Waals surface area (Å²) in [6.45, 7) is 10.7. The second-order valence-corrected chi connectivity index (χ2v) is 18.1. The zero-order valence-electron chi connectivity index (χ0n) is 41.9. The van der Waals surface area contributed by atoms with E-state index in [1.54, 1.807) is 59.7 Å². The Balaban J connectivity index is 0.000000590. The van der Waals surface area contributed by atoms with Gasteiger partial charge in [0.1, 0.15) is 43.5 Å². The van der Waals surface area contributed by atoms with E-state index in [1.165, 1.54) is 51.4 Å². The number of halogens is 4. The molecule has 17 nitrogen and oxygen atoms in total. The number of alkyl halides is 2. The van der Waals surface area contributed by atoms with Crippen LogP contribution in [0.15, 0.2) is 109 Å². The first-order valence-corrected chi connectivity index (χ1v) is 23.2. The number of carbonyl (C=O) groups is 6. The second-order valence-electron chi connectivity index (χ2n) is 17.3. The standard InChI is InChI=1S/C24H28FN3O5.C18H24N2O6.C6H6FN.C2H2.CH2Cl2.CH4/c1-24(2,3)33-22(30)27-13-14-28(23(31)32-16-17-9-5-4-6-10-17)20(15-27)21(29)26-19-12-8-7-11-18(19)25;1-18(2,3)26-16(23)19-9-10-20(14(11-19)15(21)22)17(24)25-12-13-7-5-4-6-8-13;7-5-3-1-2-4-6(5)8;1-2;2-1-3;/h4-12,20H,13-16H2,1-3H3,(H,26,29);4-8,14H,9-12H2,1-3H3,(H,21,22);1-4H,8H2;1-2H;1H2;1H4/i;;;1D;;. The van der Waals surface area contributed by atoms with Crippen molar-refractivity contribution in [3.8, 4) is 12.8 Å². The molecule has 0 spiro atoms. The van der Waals surface area contributed by atoms with E-state index in [1.807, 2.05) is 60.7 Å². The Kier molecular flexibility index (Phi) is 27.0. The fraction of sp³-hybridized carbons (Fsp3) is 0.385. The van der Waals surface area contributed by atoms with E-state index < -0.39 is 65.4 Å². The molecule has 6 rings (SSSR count). The zero-order chi connectivity index (χ0) is 54.7. The Morgan fingerprint density at radius 3 is 1.40 bits per heavy atom. The lowest BCUT2D eigenvalue weighted by Crippen LogP contribution is -2.61. The summed E-state index contributed by atoms with van der Waals surface area (Å²) in [5, 5.41) is 12.1. The molecule has 2 unspecified atom stereocenters. The number of para-hydroxylation sites is 2. The number of anilines is 2. The van der Waals surface area contributed by atoms with Gasteiger partial charge in [0.05, 0.1) is 29.8 Å². The van der Waals surface area contributed by atoms with Crippen LogP contribution in [0.2, 0.25) is 0 Å². The summed E-state index contributed by atoms with van der Waals surface area (Å²) in [6, 6.07) is 27.8. The van der Waals surface area contributed by atoms with Crippen LogP contribution in [-0.4, -0.2) is 129 Å². The van der Waals surface area contributed by atoms with Crippen molar-refractivity contribution in [1.82, 2.24) is 19.6 Å². The highest BCUT2D eigenvalue weighted by molar-refractivity contribution is 6.40. The van der Waals surface area contributed by atoms with Crippen LogP contribution in [0.4, 0.5) is 39.3 Å². The third-order valence-corrected chi connectivity index (χ3v) is 9.57. The molecule has 4 N–H and O–H groups in total. The van der Waals surface area contributed by atoms with Gasteiger partial charge in [-0.3, -0.25) is 14.6 Å². The molecule has 5 amide bonds. The third-order valence-electron chi connectivity index (χ3n) is 9.57. The van der Waals surface area contributed by atoms with E-state index in [0.717, 1.165) is 16.0 Å². The van der Waals surface area contributed by atoms with Crippen LogP contribution in [0.25, 0.3) is 0 Å². The first kappa shape index (κ1) is 61.8. The molecule has 0 aliphatic carbocycles. The number of carboxylic acid groups (broad SMARTS) is 1. The third kappa shape index (κ3) is 23.2. The molecule has 2 saturated heterocycles. The lowest BCUT2D eigenvalue weighted by Gasteiger charge is -2.40. The highest BCUT2D eigenvalue weighted by Crippen LogP contribution is 2.21. The van der Waals surface area contributed by atoms with E-state index in [4.69, 9.17) is 49.3 Å². The Hall–Kier alpha value is -7.30. The summed E-state index contributed by atoms with van der Waals surface area (Å²) in [5.74, 6) is -2.80. The second kappa shape index (κ2) is 31.9. The minimum absolute atomic E-state index is 0. The zero-order valence-corrected chi connectivity index (χ0v) is 42.4. The van der Waals surface area contributed by atoms with Gasteiger partial charge in [0.15, 0.2) is 6.04 Å². The van der Waals surface area contributed by atoms with Gasteiger partial charge in [-0.25, -0.2) is 32.8 Å². The van der Waals surface area contributed by atoms with Gasteiger partial charge >= 0.3 is 30.3 Å². The van der Waals surface area contributed by atoms with Crippen LogP contribution in [-0.2, 0) is 41.8 Å². The maximum Gasteiger partial charge on any atom is 0.410 e. The average molecular weight is 1060 g/mol. The number of nitrogens with two attached hydrogens (primary N) is 1. The SMILES string of the molecule is C.CC(C)(C)OC(=O)N1CCN(C(=O)OCc2ccccc2)C(C(=O)Nc2ccccc2F)C1.CC(C)(C)OC(=O)N1CCN(C(=O)OCc2ccccc2)C(C(=O)O)C1.ClCCl.Nc1ccccc1F.[2H]C#C. The van der Waals surface area contributed by atoms with Gasteiger partial charge < -0.3 is 44.9 Å². The van der Waals surface area contributed by atoms with Crippen LogP contribution >= 0.6 is 23.2 Å². The lowest BCUT2D eigenvalue weighted by atomic mass is 10.1. The van der Waals surface area contributed by atoms with Crippen molar-refractivity contribution in [2.45, 2.75) is 85.5 Å². The maximum atomic E-state index is 14.1. The molecule has 2 aliphatic rings. The number of terminal acetylenes is 1. The van der Waals surface area contributed by atoms with Gasteiger partial charge in [0.25, 0.3) is 0 Å². The predicted octanol–water partition coefficient (Wildman–Crippen LogP) is 10.1. The summed E-state index contributed by atoms with van der Waals surface area (Å²) < 4.78 is 53.3. The molecule has 2 aliphatic heterocycles. The summed E-state index contributed by atoms with van der Waals surface area (Å²) in [4.78, 5) is 79.5. The van der Waals surface area contributed by atoms with Crippen molar-refractivity contribution in [1.29, 1.82) is 0 Å². The van der Waals surface area contributed by atoms with E-state index in [0.29, 0.717) is 0 Å². The number of benzene rings is 4. The quantitative estimate of drug-likeness (QED) is 0.0683. The highest BCUT2D eigenvalue weighted by atomic mass is 35.5. The molecule has 21 heteroatoms. The Morgan fingerprint density at radius 1 is 0.658 bits per heavy atom. The number of hydrogen-bond donors (Lipinski definition) is 3. The lowest BCUT2D eigenvalue weighted by molar-refractivity contribution is -0.144. The number of rotatable bonds is 7. The average Bonchev–Trinajstić information content (AvgIpc) is 3.34. The fourth-order valence-corrected chi connectivity index (χ4v) is 6.28. The van der Waals surface area contributed by atoms with Crippen molar-refractivity contribution < 1.29 is 63.0 Å². The van der Waals surface area contributed by atoms with Gasteiger partial charge in [-0.15, -0.1) is 36.0 Å². The number of nitrogens with zero attached hydrogens (tertiary/aromatic N) is 4. The van der Waals surface area contributed by atoms with Gasteiger partial charge in [-0.05, 0) is 76.9 Å². The van der Waals surface area contributed by atoms with E-state index in [2.05, 4.69) is 11.7 Å². The first-order valence-electron chi connectivity index (χ1n) is 22.6. The number of carboxylic acids is 1. The Morgan fingerprint density at radius 2 is 1.03 bits per heavy atom. The monoisotopic (exact) mass is 1060 g/mol. The van der Waals surface area contributed by atoms with E-state index in [-0.39, 0.29) is 82.4 Å². The van der Waals surface area contributed by atoms with Crippen LogP contribution in [0.1, 0.15) is 61.5 Å². The number of ether oxygens (including phenoxy) is 4. The molecule has 398 valence electrons. The summed E-state index contributed by atoms with van der Waals surface area (Å²) in [6.07, 6.45) is 3.16. The molecule has 2 heterocycles. The van der Waals surface area contributed by atoms with Crippen molar-refractivity contribution in [3.63, 3.8) is 0 Å². The summed E-state index contributed by atoms with van der Waals surface area (Å²) in [7, 11) is 0. The van der Waals surface area contributed by atoms with Crippen LogP contribution in [0.5, 0.6) is 0 Å². The van der Waals surface area contributed by atoms with Crippen molar-refractivity contribution in [2.75, 3.05) is 55.7 Å². The number of piperazine rings is 2. The molecule has 0 bridgehead atoms. The summed E-state index contributed by atoms with van der Waals surface area (Å²) in [5.41, 5.74) is 5.54. The number of hydrogen-bond acceptors (Lipinski definition) is 11. The molecule has 0 saturated carbocycles. The number of nitrogen functional groups attached to an aromatic ring is 1. The number of nitrogens with one attached hydrogen (secondary N) is 1. The van der Waals surface area contributed by atoms with Gasteiger partial charge in [-0.2, -0.15) is 0 Å². The molecule has 2 atom stereocenters. The first-order chi connectivity index (χ1) is 34.4. The fourth-order valence-electron chi connectivity index (χ4n) is 6.28. The topological polar surface area (TPSA) is 211 Å². The van der Waals surface area contributed by atoms with Crippen LogP contribution in [0.3, 0.4) is 0 Å². The normalized spacial score (nSPS) is 14.9. The molecule has 0 aromatic heterocycles. The Bertz CT molecular complexity index is 2410.